The number of amides is 3. The molecule has 0 unspecified atom stereocenters. The number of rotatable bonds is 6. The Morgan fingerprint density at radius 1 is 1.10 bits per heavy atom. The van der Waals surface area contributed by atoms with Gasteiger partial charge in [-0.2, -0.15) is 0 Å². The number of carbonyl (C=O) groups excluding carboxylic acids is 3. The number of nitrogens with zero attached hydrogens (tertiary/aromatic N) is 2. The zero-order valence-corrected chi connectivity index (χ0v) is 18.3. The van der Waals surface area contributed by atoms with Gasteiger partial charge in [-0.3, -0.25) is 19.3 Å². The van der Waals surface area contributed by atoms with Crippen LogP contribution in [0.5, 0.6) is 5.75 Å². The van der Waals surface area contributed by atoms with Gasteiger partial charge in [0.05, 0.1) is 9.93 Å². The van der Waals surface area contributed by atoms with Crippen molar-refractivity contribution in [3.63, 3.8) is 0 Å². The van der Waals surface area contributed by atoms with Gasteiger partial charge in [0.1, 0.15) is 18.9 Å². The van der Waals surface area contributed by atoms with Gasteiger partial charge in [-0.25, -0.2) is 0 Å². The van der Waals surface area contributed by atoms with Crippen molar-refractivity contribution in [1.82, 2.24) is 9.80 Å². The average Bonchev–Trinajstić information content (AvgIpc) is 3.39. The minimum Gasteiger partial charge on any atom is -0.487 e. The Balaban J connectivity index is 1.42. The molecule has 8 heteroatoms. The molecule has 2 saturated heterocycles. The maximum atomic E-state index is 12.7. The van der Waals surface area contributed by atoms with E-state index in [4.69, 9.17) is 16.3 Å². The second-order valence-electron chi connectivity index (χ2n) is 7.32. The molecule has 0 radical (unpaired) electrons. The van der Waals surface area contributed by atoms with E-state index in [1.54, 1.807) is 29.2 Å². The summed E-state index contributed by atoms with van der Waals surface area (Å²) in [6.07, 6.45) is 3.52. The normalized spacial score (nSPS) is 17.6. The van der Waals surface area contributed by atoms with Gasteiger partial charge in [0.25, 0.3) is 11.1 Å². The van der Waals surface area contributed by atoms with E-state index in [0.717, 1.165) is 35.1 Å². The van der Waals surface area contributed by atoms with Crippen LogP contribution in [0.15, 0.2) is 53.4 Å². The number of carbonyl (C=O) groups is 3. The zero-order valence-electron chi connectivity index (χ0n) is 16.8. The second-order valence-corrected chi connectivity index (χ2v) is 8.72. The summed E-state index contributed by atoms with van der Waals surface area (Å²) in [5.74, 6) is -0.112. The summed E-state index contributed by atoms with van der Waals surface area (Å²) in [6.45, 7) is 1.54. The Kier molecular flexibility index (Phi) is 6.63. The van der Waals surface area contributed by atoms with Gasteiger partial charge in [0.2, 0.25) is 5.91 Å². The maximum Gasteiger partial charge on any atom is 0.294 e. The lowest BCUT2D eigenvalue weighted by Crippen LogP contribution is -2.40. The van der Waals surface area contributed by atoms with Crippen LogP contribution in [0.2, 0.25) is 5.02 Å². The van der Waals surface area contributed by atoms with Gasteiger partial charge in [-0.15, -0.1) is 0 Å². The van der Waals surface area contributed by atoms with E-state index in [0.29, 0.717) is 36.0 Å². The first-order valence-electron chi connectivity index (χ1n) is 10.0. The standard InChI is InChI=1S/C23H21ClN2O4S/c24-18-12-17(8-9-19(18)30-15-16-6-2-1-3-7-16)13-20-22(28)26(23(29)31-20)14-21(27)25-10-4-5-11-25/h1-3,6-9,12-13H,4-5,10-11,14-15H2/b20-13-. The fraction of sp³-hybridized carbons (Fsp3) is 0.261. The third-order valence-corrected chi connectivity index (χ3v) is 6.32. The van der Waals surface area contributed by atoms with Crippen molar-refractivity contribution >= 4 is 46.5 Å². The first kappa shape index (κ1) is 21.5. The number of imide groups is 1. The van der Waals surface area contributed by atoms with E-state index < -0.39 is 11.1 Å². The van der Waals surface area contributed by atoms with Gasteiger partial charge in [-0.1, -0.05) is 48.0 Å². The molecule has 3 amide bonds. The summed E-state index contributed by atoms with van der Waals surface area (Å²) in [6, 6.07) is 14.9. The Hall–Kier alpha value is -2.77. The van der Waals surface area contributed by atoms with Crippen LogP contribution in [-0.4, -0.2) is 46.5 Å². The Labute approximate surface area is 189 Å². The lowest BCUT2D eigenvalue weighted by atomic mass is 10.2. The molecule has 2 aromatic carbocycles. The molecule has 31 heavy (non-hydrogen) atoms. The van der Waals surface area contributed by atoms with Gasteiger partial charge < -0.3 is 9.64 Å². The van der Waals surface area contributed by atoms with E-state index in [1.165, 1.54) is 0 Å². The number of hydrogen-bond donors (Lipinski definition) is 0. The van der Waals surface area contributed by atoms with E-state index in [1.807, 2.05) is 30.3 Å². The van der Waals surface area contributed by atoms with Crippen LogP contribution in [-0.2, 0) is 16.2 Å². The van der Waals surface area contributed by atoms with Gasteiger partial charge in [-0.05, 0) is 53.9 Å². The molecule has 0 N–H and O–H groups in total. The SMILES string of the molecule is O=C(CN1C(=O)S/C(=C\c2ccc(OCc3ccccc3)c(Cl)c2)C1=O)N1CCCC1. The lowest BCUT2D eigenvalue weighted by molar-refractivity contribution is -0.135. The quantitative estimate of drug-likeness (QED) is 0.595. The summed E-state index contributed by atoms with van der Waals surface area (Å²) in [4.78, 5) is 40.3. The number of halogens is 1. The summed E-state index contributed by atoms with van der Waals surface area (Å²) >= 11 is 7.18. The van der Waals surface area contributed by atoms with Crippen molar-refractivity contribution in [3.05, 3.63) is 69.6 Å². The largest absolute Gasteiger partial charge is 0.487 e. The van der Waals surface area contributed by atoms with Crippen molar-refractivity contribution in [2.24, 2.45) is 0 Å². The number of thioether (sulfide) groups is 1. The summed E-state index contributed by atoms with van der Waals surface area (Å²) < 4.78 is 5.77. The fourth-order valence-corrected chi connectivity index (χ4v) is 4.53. The van der Waals surface area contributed by atoms with Crippen molar-refractivity contribution in [3.8, 4) is 5.75 Å². The smallest absolute Gasteiger partial charge is 0.294 e. The molecule has 0 bridgehead atoms. The van der Waals surface area contributed by atoms with Gasteiger partial charge in [0, 0.05) is 13.1 Å². The molecule has 6 nitrogen and oxygen atoms in total. The number of benzene rings is 2. The van der Waals surface area contributed by atoms with Crippen LogP contribution in [0.1, 0.15) is 24.0 Å². The Bertz CT molecular complexity index is 1040. The van der Waals surface area contributed by atoms with E-state index in [-0.39, 0.29) is 17.4 Å². The molecule has 2 fully saturated rings. The lowest BCUT2D eigenvalue weighted by Gasteiger charge is -2.18. The molecule has 0 aliphatic carbocycles. The van der Waals surface area contributed by atoms with Gasteiger partial charge >= 0.3 is 0 Å². The highest BCUT2D eigenvalue weighted by atomic mass is 35.5. The minimum absolute atomic E-state index is 0.191. The van der Waals surface area contributed by atoms with E-state index >= 15 is 0 Å². The average molecular weight is 457 g/mol. The minimum atomic E-state index is -0.455. The first-order chi connectivity index (χ1) is 15.0. The summed E-state index contributed by atoms with van der Waals surface area (Å²) in [7, 11) is 0. The maximum absolute atomic E-state index is 12.7. The van der Waals surface area contributed by atoms with Crippen molar-refractivity contribution in [2.75, 3.05) is 19.6 Å². The van der Waals surface area contributed by atoms with Gasteiger partial charge in [0.15, 0.2) is 0 Å². The molecule has 4 rings (SSSR count). The highest BCUT2D eigenvalue weighted by Crippen LogP contribution is 2.34. The first-order valence-corrected chi connectivity index (χ1v) is 11.2. The van der Waals surface area contributed by atoms with Crippen molar-refractivity contribution < 1.29 is 19.1 Å². The molecule has 0 aromatic heterocycles. The topological polar surface area (TPSA) is 66.9 Å². The highest BCUT2D eigenvalue weighted by Gasteiger charge is 2.37. The molecule has 2 aliphatic rings. The van der Waals surface area contributed by atoms with Crippen LogP contribution < -0.4 is 4.74 Å². The predicted molar refractivity (Wildman–Crippen MR) is 121 cm³/mol. The number of hydrogen-bond acceptors (Lipinski definition) is 5. The fourth-order valence-electron chi connectivity index (χ4n) is 3.45. The molecule has 160 valence electrons. The van der Waals surface area contributed by atoms with Crippen molar-refractivity contribution in [2.45, 2.75) is 19.4 Å². The molecule has 0 saturated carbocycles. The third kappa shape index (κ3) is 5.11. The van der Waals surface area contributed by atoms with E-state index in [2.05, 4.69) is 0 Å². The van der Waals surface area contributed by atoms with Crippen molar-refractivity contribution in [1.29, 1.82) is 0 Å². The van der Waals surface area contributed by atoms with Crippen LogP contribution in [0.3, 0.4) is 0 Å². The Morgan fingerprint density at radius 2 is 1.84 bits per heavy atom. The van der Waals surface area contributed by atoms with E-state index in [9.17, 15) is 14.4 Å². The molecular weight excluding hydrogens is 436 g/mol. The monoisotopic (exact) mass is 456 g/mol. The Morgan fingerprint density at radius 3 is 2.55 bits per heavy atom. The highest BCUT2D eigenvalue weighted by molar-refractivity contribution is 8.18. The zero-order chi connectivity index (χ0) is 21.8. The van der Waals surface area contributed by atoms with Crippen LogP contribution >= 0.6 is 23.4 Å². The third-order valence-electron chi connectivity index (χ3n) is 5.12. The molecule has 2 heterocycles. The van der Waals surface area contributed by atoms with Crippen LogP contribution in [0.4, 0.5) is 4.79 Å². The molecule has 0 spiro atoms. The second kappa shape index (κ2) is 9.58. The predicted octanol–water partition coefficient (Wildman–Crippen LogP) is 4.58. The molecule has 2 aromatic rings. The van der Waals surface area contributed by atoms with Crippen LogP contribution in [0.25, 0.3) is 6.08 Å². The molecule has 2 aliphatic heterocycles. The number of likely N-dealkylation sites (tertiary alicyclic amines) is 1. The van der Waals surface area contributed by atoms with Crippen LogP contribution in [0, 0.1) is 0 Å². The summed E-state index contributed by atoms with van der Waals surface area (Å²) in [5.41, 5.74) is 1.70. The molecule has 0 atom stereocenters. The molecular formula is C23H21ClN2O4S. The number of ether oxygens (including phenoxy) is 1. The summed E-state index contributed by atoms with van der Waals surface area (Å²) in [5, 5.41) is -0.0224.